The number of morpholine rings is 1. The van der Waals surface area contributed by atoms with Gasteiger partial charge >= 0.3 is 5.63 Å². The molecular weight excluding hydrogens is 386 g/mol. The Morgan fingerprint density at radius 3 is 2.50 bits per heavy atom. The molecule has 30 heavy (non-hydrogen) atoms. The van der Waals surface area contributed by atoms with Crippen LogP contribution in [0, 0.1) is 0 Å². The molecule has 2 aromatic rings. The molecule has 8 nitrogen and oxygen atoms in total. The van der Waals surface area contributed by atoms with Crippen molar-refractivity contribution < 1.29 is 19.0 Å². The summed E-state index contributed by atoms with van der Waals surface area (Å²) in [5, 5.41) is 10.7. The zero-order chi connectivity index (χ0) is 20.9. The number of methoxy groups -OCH3 is 1. The van der Waals surface area contributed by atoms with Crippen LogP contribution in [0.5, 0.6) is 11.5 Å². The first-order valence-electron chi connectivity index (χ1n) is 10.4. The minimum Gasteiger partial charge on any atom is -0.507 e. The normalized spacial score (nSPS) is 18.5. The first kappa shape index (κ1) is 20.7. The predicted molar refractivity (Wildman–Crippen MR) is 113 cm³/mol. The van der Waals surface area contributed by atoms with Crippen LogP contribution in [0.15, 0.2) is 39.7 Å². The molecular formula is C22H29N3O5. The van der Waals surface area contributed by atoms with Gasteiger partial charge in [-0.25, -0.2) is 4.79 Å². The summed E-state index contributed by atoms with van der Waals surface area (Å²) < 4.78 is 15.9. The maximum absolute atomic E-state index is 12.3. The molecule has 0 unspecified atom stereocenters. The van der Waals surface area contributed by atoms with E-state index in [0.29, 0.717) is 37.4 Å². The van der Waals surface area contributed by atoms with Crippen molar-refractivity contribution in [2.45, 2.75) is 13.1 Å². The summed E-state index contributed by atoms with van der Waals surface area (Å²) >= 11 is 0. The predicted octanol–water partition coefficient (Wildman–Crippen LogP) is 1.51. The summed E-state index contributed by atoms with van der Waals surface area (Å²) in [5.74, 6) is 0.905. The highest BCUT2D eigenvalue weighted by Gasteiger charge is 2.23. The Hall–Kier alpha value is -2.55. The van der Waals surface area contributed by atoms with E-state index in [1.165, 1.54) is 6.26 Å². The Balaban J connectivity index is 1.39. The Kier molecular flexibility index (Phi) is 6.56. The Bertz CT molecular complexity index is 902. The molecule has 0 amide bonds. The van der Waals surface area contributed by atoms with E-state index in [4.69, 9.17) is 13.9 Å². The number of piperazine rings is 1. The second kappa shape index (κ2) is 9.51. The number of benzene rings is 1. The topological polar surface area (TPSA) is 78.6 Å². The van der Waals surface area contributed by atoms with Crippen molar-refractivity contribution in [1.29, 1.82) is 0 Å². The van der Waals surface area contributed by atoms with Crippen molar-refractivity contribution in [3.8, 4) is 11.5 Å². The lowest BCUT2D eigenvalue weighted by Gasteiger charge is -2.36. The number of hydrogen-bond acceptors (Lipinski definition) is 8. The van der Waals surface area contributed by atoms with E-state index in [1.807, 2.05) is 18.2 Å². The van der Waals surface area contributed by atoms with Gasteiger partial charge in [0.2, 0.25) is 0 Å². The van der Waals surface area contributed by atoms with Gasteiger partial charge in [-0.15, -0.1) is 0 Å². The van der Waals surface area contributed by atoms with Gasteiger partial charge in [0.15, 0.2) is 0 Å². The smallest absolute Gasteiger partial charge is 0.343 e. The lowest BCUT2D eigenvalue weighted by Crippen LogP contribution is -2.46. The van der Waals surface area contributed by atoms with Crippen LogP contribution >= 0.6 is 0 Å². The van der Waals surface area contributed by atoms with E-state index in [-0.39, 0.29) is 5.75 Å². The fourth-order valence-electron chi connectivity index (χ4n) is 3.99. The van der Waals surface area contributed by atoms with Crippen LogP contribution in [0.3, 0.4) is 0 Å². The third kappa shape index (κ3) is 4.77. The number of ether oxygens (including phenoxy) is 2. The van der Waals surface area contributed by atoms with Crippen LogP contribution in [0.4, 0.5) is 5.69 Å². The molecule has 1 aromatic carbocycles. The molecule has 2 aliphatic heterocycles. The monoisotopic (exact) mass is 415 g/mol. The molecule has 4 rings (SSSR count). The summed E-state index contributed by atoms with van der Waals surface area (Å²) in [6.07, 6.45) is 1.39. The SMILES string of the molecule is COc1cccc(N2CCN(Cc3c(O)c(CN4CCOCC4)coc3=O)CC2)c1. The highest BCUT2D eigenvalue weighted by atomic mass is 16.5. The first-order chi connectivity index (χ1) is 14.6. The van der Waals surface area contributed by atoms with Crippen molar-refractivity contribution in [2.24, 2.45) is 0 Å². The van der Waals surface area contributed by atoms with Crippen molar-refractivity contribution in [1.82, 2.24) is 9.80 Å². The zero-order valence-electron chi connectivity index (χ0n) is 17.4. The molecule has 0 bridgehead atoms. The fourth-order valence-corrected chi connectivity index (χ4v) is 3.99. The van der Waals surface area contributed by atoms with Gasteiger partial charge in [0.1, 0.15) is 17.8 Å². The average molecular weight is 415 g/mol. The van der Waals surface area contributed by atoms with E-state index in [1.54, 1.807) is 7.11 Å². The van der Waals surface area contributed by atoms with Crippen molar-refractivity contribution in [3.63, 3.8) is 0 Å². The molecule has 2 saturated heterocycles. The molecule has 1 aromatic heterocycles. The number of rotatable bonds is 6. The van der Waals surface area contributed by atoms with Gasteiger partial charge in [-0.05, 0) is 12.1 Å². The molecule has 0 aliphatic carbocycles. The minimum atomic E-state index is -0.464. The molecule has 1 N–H and O–H groups in total. The Labute approximate surface area is 176 Å². The molecule has 0 atom stereocenters. The Morgan fingerprint density at radius 2 is 1.77 bits per heavy atom. The van der Waals surface area contributed by atoms with Crippen molar-refractivity contribution in [2.75, 3.05) is 64.5 Å². The lowest BCUT2D eigenvalue weighted by atomic mass is 10.1. The van der Waals surface area contributed by atoms with E-state index < -0.39 is 5.63 Å². The minimum absolute atomic E-state index is 0.0629. The zero-order valence-corrected chi connectivity index (χ0v) is 17.4. The van der Waals surface area contributed by atoms with Crippen LogP contribution in [0.25, 0.3) is 0 Å². The van der Waals surface area contributed by atoms with Gasteiger partial charge in [0.05, 0.1) is 25.9 Å². The molecule has 8 heteroatoms. The van der Waals surface area contributed by atoms with Crippen LogP contribution < -0.4 is 15.3 Å². The van der Waals surface area contributed by atoms with E-state index >= 15 is 0 Å². The molecule has 2 aliphatic rings. The van der Waals surface area contributed by atoms with Crippen LogP contribution in [-0.4, -0.2) is 74.5 Å². The molecule has 0 radical (unpaired) electrons. The van der Waals surface area contributed by atoms with Crippen molar-refractivity contribution in [3.05, 3.63) is 52.1 Å². The average Bonchev–Trinajstić information content (AvgIpc) is 2.80. The molecule has 162 valence electrons. The van der Waals surface area contributed by atoms with Crippen LogP contribution in [-0.2, 0) is 17.8 Å². The fraction of sp³-hybridized carbons (Fsp3) is 0.500. The van der Waals surface area contributed by atoms with Gasteiger partial charge in [0.25, 0.3) is 0 Å². The maximum Gasteiger partial charge on any atom is 0.343 e. The number of nitrogens with zero attached hydrogens (tertiary/aromatic N) is 3. The molecule has 3 heterocycles. The second-order valence-electron chi connectivity index (χ2n) is 7.73. The molecule has 0 spiro atoms. The maximum atomic E-state index is 12.3. The number of anilines is 1. The largest absolute Gasteiger partial charge is 0.507 e. The van der Waals surface area contributed by atoms with E-state index in [9.17, 15) is 9.90 Å². The summed E-state index contributed by atoms with van der Waals surface area (Å²) in [7, 11) is 1.67. The summed E-state index contributed by atoms with van der Waals surface area (Å²) in [6, 6.07) is 8.04. The first-order valence-corrected chi connectivity index (χ1v) is 10.4. The van der Waals surface area contributed by atoms with Gasteiger partial charge in [0, 0.05) is 69.7 Å². The summed E-state index contributed by atoms with van der Waals surface area (Å²) in [4.78, 5) is 19.0. The van der Waals surface area contributed by atoms with Gasteiger partial charge in [-0.2, -0.15) is 0 Å². The quantitative estimate of drug-likeness (QED) is 0.761. The highest BCUT2D eigenvalue weighted by molar-refractivity contribution is 5.51. The summed E-state index contributed by atoms with van der Waals surface area (Å²) in [6.45, 7) is 7.18. The molecule has 2 fully saturated rings. The summed E-state index contributed by atoms with van der Waals surface area (Å²) in [5.41, 5.74) is 1.66. The standard InChI is InChI=1S/C22H29N3O5/c1-28-19-4-2-3-18(13-19)25-7-5-23(6-8-25)15-20-21(26)17(16-30-22(20)27)14-24-9-11-29-12-10-24/h2-4,13,16,26H,5-12,14-15H2,1H3. The number of hydrogen-bond donors (Lipinski definition) is 1. The van der Waals surface area contributed by atoms with Crippen LogP contribution in [0.1, 0.15) is 11.1 Å². The molecule has 0 saturated carbocycles. The van der Waals surface area contributed by atoms with Gasteiger partial charge in [-0.3, -0.25) is 9.80 Å². The van der Waals surface area contributed by atoms with E-state index in [2.05, 4.69) is 20.8 Å². The third-order valence-electron chi connectivity index (χ3n) is 5.81. The lowest BCUT2D eigenvalue weighted by molar-refractivity contribution is 0.0335. The van der Waals surface area contributed by atoms with Gasteiger partial charge < -0.3 is 23.9 Å². The number of aromatic hydroxyl groups is 1. The van der Waals surface area contributed by atoms with Crippen LogP contribution in [0.2, 0.25) is 0 Å². The highest BCUT2D eigenvalue weighted by Crippen LogP contribution is 2.25. The van der Waals surface area contributed by atoms with Crippen molar-refractivity contribution >= 4 is 5.69 Å². The Morgan fingerprint density at radius 1 is 1.03 bits per heavy atom. The second-order valence-corrected chi connectivity index (χ2v) is 7.73. The third-order valence-corrected chi connectivity index (χ3v) is 5.81. The van der Waals surface area contributed by atoms with Gasteiger partial charge in [-0.1, -0.05) is 6.07 Å². The van der Waals surface area contributed by atoms with E-state index in [0.717, 1.165) is 50.7 Å².